The SMILES string of the molecule is C=C(CNC(C)CN1CCCCC1)c1ccccc1. The standard InChI is InChI=1S/C17H26N2/c1-15(17-9-5-3-6-10-17)13-18-16(2)14-19-11-7-4-8-12-19/h3,5-6,9-10,16,18H,1,4,7-8,11-14H2,2H3. The quantitative estimate of drug-likeness (QED) is 0.843. The Kier molecular flexibility index (Phi) is 5.62. The lowest BCUT2D eigenvalue weighted by Gasteiger charge is -2.29. The van der Waals surface area contributed by atoms with E-state index in [-0.39, 0.29) is 0 Å². The molecule has 0 aromatic heterocycles. The molecule has 1 N–H and O–H groups in total. The Bertz CT molecular complexity index is 380. The van der Waals surface area contributed by atoms with E-state index in [4.69, 9.17) is 0 Å². The van der Waals surface area contributed by atoms with Crippen LogP contribution in [0.4, 0.5) is 0 Å². The summed E-state index contributed by atoms with van der Waals surface area (Å²) >= 11 is 0. The van der Waals surface area contributed by atoms with E-state index in [0.717, 1.165) is 13.1 Å². The number of nitrogens with zero attached hydrogens (tertiary/aromatic N) is 1. The largest absolute Gasteiger partial charge is 0.309 e. The molecule has 1 aromatic rings. The van der Waals surface area contributed by atoms with Crippen LogP contribution in [0.2, 0.25) is 0 Å². The van der Waals surface area contributed by atoms with Gasteiger partial charge in [0.15, 0.2) is 0 Å². The predicted octanol–water partition coefficient (Wildman–Crippen LogP) is 3.16. The maximum atomic E-state index is 4.17. The summed E-state index contributed by atoms with van der Waals surface area (Å²) in [6.07, 6.45) is 4.13. The Morgan fingerprint density at radius 2 is 1.89 bits per heavy atom. The molecule has 0 bridgehead atoms. The van der Waals surface area contributed by atoms with Gasteiger partial charge in [-0.25, -0.2) is 0 Å². The molecule has 1 saturated heterocycles. The van der Waals surface area contributed by atoms with Crippen LogP contribution in [0.15, 0.2) is 36.9 Å². The van der Waals surface area contributed by atoms with Gasteiger partial charge in [-0.1, -0.05) is 43.3 Å². The van der Waals surface area contributed by atoms with Crippen LogP contribution in [0, 0.1) is 0 Å². The van der Waals surface area contributed by atoms with E-state index in [9.17, 15) is 0 Å². The van der Waals surface area contributed by atoms with Crippen molar-refractivity contribution in [3.8, 4) is 0 Å². The zero-order valence-corrected chi connectivity index (χ0v) is 12.1. The lowest BCUT2D eigenvalue weighted by molar-refractivity contribution is 0.211. The zero-order chi connectivity index (χ0) is 13.5. The van der Waals surface area contributed by atoms with Crippen molar-refractivity contribution < 1.29 is 0 Å². The van der Waals surface area contributed by atoms with Crippen LogP contribution >= 0.6 is 0 Å². The fourth-order valence-corrected chi connectivity index (χ4v) is 2.67. The molecule has 0 saturated carbocycles. The molecule has 0 aliphatic carbocycles. The highest BCUT2D eigenvalue weighted by Crippen LogP contribution is 2.11. The Morgan fingerprint density at radius 3 is 2.58 bits per heavy atom. The van der Waals surface area contributed by atoms with E-state index in [1.807, 2.05) is 6.07 Å². The van der Waals surface area contributed by atoms with Gasteiger partial charge in [0, 0.05) is 19.1 Å². The highest BCUT2D eigenvalue weighted by atomic mass is 15.1. The average molecular weight is 258 g/mol. The number of piperidine rings is 1. The summed E-state index contributed by atoms with van der Waals surface area (Å²) in [5, 5.41) is 3.59. The van der Waals surface area contributed by atoms with Crippen LogP contribution in [-0.2, 0) is 0 Å². The summed E-state index contributed by atoms with van der Waals surface area (Å²) < 4.78 is 0. The van der Waals surface area contributed by atoms with E-state index in [1.54, 1.807) is 0 Å². The van der Waals surface area contributed by atoms with Crippen LogP contribution < -0.4 is 5.32 Å². The summed E-state index contributed by atoms with van der Waals surface area (Å²) in [4.78, 5) is 2.58. The third kappa shape index (κ3) is 4.81. The van der Waals surface area contributed by atoms with Gasteiger partial charge in [0.2, 0.25) is 0 Å². The molecule has 0 amide bonds. The predicted molar refractivity (Wildman–Crippen MR) is 83.2 cm³/mol. The summed E-state index contributed by atoms with van der Waals surface area (Å²) in [7, 11) is 0. The number of rotatable bonds is 6. The molecule has 1 aliphatic heterocycles. The second-order valence-electron chi connectivity index (χ2n) is 5.61. The van der Waals surface area contributed by atoms with Crippen molar-refractivity contribution in [3.63, 3.8) is 0 Å². The maximum Gasteiger partial charge on any atom is 0.0208 e. The molecule has 2 heteroatoms. The smallest absolute Gasteiger partial charge is 0.0208 e. The summed E-state index contributed by atoms with van der Waals surface area (Å²) in [6.45, 7) is 11.0. The van der Waals surface area contributed by atoms with Gasteiger partial charge in [0.05, 0.1) is 0 Å². The fourth-order valence-electron chi connectivity index (χ4n) is 2.67. The molecule has 2 rings (SSSR count). The third-order valence-electron chi connectivity index (χ3n) is 3.83. The number of nitrogens with one attached hydrogen (secondary N) is 1. The summed E-state index contributed by atoms with van der Waals surface area (Å²) in [5.74, 6) is 0. The van der Waals surface area contributed by atoms with Gasteiger partial charge in [-0.15, -0.1) is 0 Å². The van der Waals surface area contributed by atoms with Crippen LogP contribution in [0.3, 0.4) is 0 Å². The van der Waals surface area contributed by atoms with E-state index >= 15 is 0 Å². The van der Waals surface area contributed by atoms with E-state index in [1.165, 1.54) is 43.5 Å². The maximum absolute atomic E-state index is 4.17. The van der Waals surface area contributed by atoms with Gasteiger partial charge >= 0.3 is 0 Å². The van der Waals surface area contributed by atoms with Crippen LogP contribution in [0.1, 0.15) is 31.7 Å². The Balaban J connectivity index is 1.71. The molecule has 104 valence electrons. The molecule has 1 fully saturated rings. The van der Waals surface area contributed by atoms with Crippen molar-refractivity contribution in [3.05, 3.63) is 42.5 Å². The number of hydrogen-bond acceptors (Lipinski definition) is 2. The first-order valence-electron chi connectivity index (χ1n) is 7.44. The minimum atomic E-state index is 0.526. The van der Waals surface area contributed by atoms with E-state index < -0.39 is 0 Å². The first kappa shape index (κ1) is 14.3. The lowest BCUT2D eigenvalue weighted by Crippen LogP contribution is -2.41. The first-order valence-corrected chi connectivity index (χ1v) is 7.44. The van der Waals surface area contributed by atoms with Gasteiger partial charge in [0.25, 0.3) is 0 Å². The Labute approximate surface area is 117 Å². The highest BCUT2D eigenvalue weighted by Gasteiger charge is 2.13. The van der Waals surface area contributed by atoms with Crippen molar-refractivity contribution in [2.75, 3.05) is 26.2 Å². The zero-order valence-electron chi connectivity index (χ0n) is 12.1. The lowest BCUT2D eigenvalue weighted by atomic mass is 10.1. The molecule has 19 heavy (non-hydrogen) atoms. The van der Waals surface area contributed by atoms with Crippen molar-refractivity contribution in [1.82, 2.24) is 10.2 Å². The topological polar surface area (TPSA) is 15.3 Å². The van der Waals surface area contributed by atoms with Crippen LogP contribution in [-0.4, -0.2) is 37.1 Å². The van der Waals surface area contributed by atoms with Gasteiger partial charge in [-0.05, 0) is 44.0 Å². The van der Waals surface area contributed by atoms with Gasteiger partial charge < -0.3 is 10.2 Å². The number of benzene rings is 1. The molecule has 1 aromatic carbocycles. The van der Waals surface area contributed by atoms with Crippen LogP contribution in [0.5, 0.6) is 0 Å². The van der Waals surface area contributed by atoms with E-state index in [2.05, 4.69) is 48.0 Å². The molecule has 1 heterocycles. The highest BCUT2D eigenvalue weighted by molar-refractivity contribution is 5.64. The van der Waals surface area contributed by atoms with Crippen molar-refractivity contribution in [1.29, 1.82) is 0 Å². The monoisotopic (exact) mass is 258 g/mol. The minimum absolute atomic E-state index is 0.526. The summed E-state index contributed by atoms with van der Waals surface area (Å²) in [6, 6.07) is 11.0. The van der Waals surface area contributed by atoms with Crippen molar-refractivity contribution in [2.24, 2.45) is 0 Å². The minimum Gasteiger partial charge on any atom is -0.309 e. The average Bonchev–Trinajstić information content (AvgIpc) is 2.47. The molecular formula is C17H26N2. The molecular weight excluding hydrogens is 232 g/mol. The first-order chi connectivity index (χ1) is 9.25. The molecule has 0 spiro atoms. The normalized spacial score (nSPS) is 18.2. The Morgan fingerprint density at radius 1 is 1.21 bits per heavy atom. The Hall–Kier alpha value is -1.12. The second kappa shape index (κ2) is 7.46. The third-order valence-corrected chi connectivity index (χ3v) is 3.83. The number of likely N-dealkylation sites (tertiary alicyclic amines) is 1. The fraction of sp³-hybridized carbons (Fsp3) is 0.529. The molecule has 1 unspecified atom stereocenters. The van der Waals surface area contributed by atoms with E-state index in [0.29, 0.717) is 6.04 Å². The van der Waals surface area contributed by atoms with Crippen molar-refractivity contribution >= 4 is 5.57 Å². The molecule has 2 nitrogen and oxygen atoms in total. The van der Waals surface area contributed by atoms with Gasteiger partial charge in [-0.2, -0.15) is 0 Å². The van der Waals surface area contributed by atoms with Crippen LogP contribution in [0.25, 0.3) is 5.57 Å². The summed E-state index contributed by atoms with van der Waals surface area (Å²) in [5.41, 5.74) is 2.41. The molecule has 1 aliphatic rings. The van der Waals surface area contributed by atoms with Crippen molar-refractivity contribution in [2.45, 2.75) is 32.2 Å². The van der Waals surface area contributed by atoms with Gasteiger partial charge in [0.1, 0.15) is 0 Å². The molecule has 1 atom stereocenters. The number of hydrogen-bond donors (Lipinski definition) is 1. The molecule has 0 radical (unpaired) electrons. The van der Waals surface area contributed by atoms with Gasteiger partial charge in [-0.3, -0.25) is 0 Å². The second-order valence-corrected chi connectivity index (χ2v) is 5.61.